The molecule has 1 heterocycles. The van der Waals surface area contributed by atoms with Crippen LogP contribution in [0.25, 0.3) is 0 Å². The Morgan fingerprint density at radius 2 is 2.13 bits per heavy atom. The molecule has 0 radical (unpaired) electrons. The molecule has 0 spiro atoms. The maximum atomic E-state index is 3.48. The van der Waals surface area contributed by atoms with Gasteiger partial charge in [0.25, 0.3) is 0 Å². The summed E-state index contributed by atoms with van der Waals surface area (Å²) in [6.45, 7) is 6.71. The van der Waals surface area contributed by atoms with Gasteiger partial charge >= 0.3 is 0 Å². The van der Waals surface area contributed by atoms with Crippen molar-refractivity contribution >= 4 is 0 Å². The summed E-state index contributed by atoms with van der Waals surface area (Å²) < 4.78 is 2.17. The van der Waals surface area contributed by atoms with Gasteiger partial charge in [0.2, 0.25) is 0 Å². The van der Waals surface area contributed by atoms with E-state index in [1.807, 2.05) is 0 Å². The van der Waals surface area contributed by atoms with Gasteiger partial charge in [-0.15, -0.1) is 0 Å². The largest absolute Gasteiger partial charge is 0.353 e. The number of unbranched alkanes of at least 4 members (excludes halogenated alkanes) is 1. The fourth-order valence-corrected chi connectivity index (χ4v) is 1.70. The molecule has 86 valence electrons. The zero-order valence-electron chi connectivity index (χ0n) is 10.3. The Morgan fingerprint density at radius 1 is 1.33 bits per heavy atom. The summed E-state index contributed by atoms with van der Waals surface area (Å²) >= 11 is 0. The highest BCUT2D eigenvalue weighted by atomic mass is 15.0. The standard InChI is InChI=1S/C13H24N2/c1-12(2)7-4-5-9-14-11-13-8-6-10-15(13)3/h6,8,10,12,14H,4-5,7,9,11H2,1-3H3. The Hall–Kier alpha value is -0.760. The summed E-state index contributed by atoms with van der Waals surface area (Å²) in [7, 11) is 2.09. The van der Waals surface area contributed by atoms with Crippen LogP contribution in [-0.2, 0) is 13.6 Å². The van der Waals surface area contributed by atoms with Crippen LogP contribution in [0.2, 0.25) is 0 Å². The number of rotatable bonds is 7. The third-order valence-electron chi connectivity index (χ3n) is 2.74. The second-order valence-corrected chi connectivity index (χ2v) is 4.68. The lowest BCUT2D eigenvalue weighted by molar-refractivity contribution is 0.518. The normalized spacial score (nSPS) is 11.2. The van der Waals surface area contributed by atoms with Gasteiger partial charge in [0.1, 0.15) is 0 Å². The van der Waals surface area contributed by atoms with Crippen molar-refractivity contribution in [1.82, 2.24) is 9.88 Å². The highest BCUT2D eigenvalue weighted by Gasteiger charge is 1.96. The molecular formula is C13H24N2. The van der Waals surface area contributed by atoms with Gasteiger partial charge in [0, 0.05) is 25.5 Å². The van der Waals surface area contributed by atoms with Crippen molar-refractivity contribution in [2.24, 2.45) is 13.0 Å². The molecule has 0 saturated heterocycles. The molecule has 1 aromatic rings. The van der Waals surface area contributed by atoms with Crippen LogP contribution < -0.4 is 5.32 Å². The molecular weight excluding hydrogens is 184 g/mol. The predicted molar refractivity (Wildman–Crippen MR) is 65.8 cm³/mol. The average molecular weight is 208 g/mol. The number of aromatic nitrogens is 1. The van der Waals surface area contributed by atoms with E-state index in [-0.39, 0.29) is 0 Å². The van der Waals surface area contributed by atoms with Gasteiger partial charge in [0.05, 0.1) is 0 Å². The Labute approximate surface area is 93.7 Å². The van der Waals surface area contributed by atoms with E-state index in [1.54, 1.807) is 0 Å². The molecule has 1 rings (SSSR count). The SMILES string of the molecule is CC(C)CCCCNCc1cccn1C. The topological polar surface area (TPSA) is 17.0 Å². The van der Waals surface area contributed by atoms with E-state index in [1.165, 1.54) is 25.0 Å². The van der Waals surface area contributed by atoms with E-state index < -0.39 is 0 Å². The maximum absolute atomic E-state index is 3.48. The van der Waals surface area contributed by atoms with E-state index in [9.17, 15) is 0 Å². The summed E-state index contributed by atoms with van der Waals surface area (Å²) in [6, 6.07) is 4.26. The van der Waals surface area contributed by atoms with Gasteiger partial charge in [-0.05, 0) is 31.0 Å². The number of nitrogens with zero attached hydrogens (tertiary/aromatic N) is 1. The quantitative estimate of drug-likeness (QED) is 0.682. The second kappa shape index (κ2) is 6.67. The second-order valence-electron chi connectivity index (χ2n) is 4.68. The number of hydrogen-bond donors (Lipinski definition) is 1. The molecule has 0 aliphatic carbocycles. The molecule has 1 aromatic heterocycles. The molecule has 0 bridgehead atoms. The van der Waals surface area contributed by atoms with Crippen molar-refractivity contribution in [2.75, 3.05) is 6.54 Å². The highest BCUT2D eigenvalue weighted by Crippen LogP contribution is 2.05. The summed E-state index contributed by atoms with van der Waals surface area (Å²) in [4.78, 5) is 0. The molecule has 0 saturated carbocycles. The summed E-state index contributed by atoms with van der Waals surface area (Å²) in [5, 5.41) is 3.48. The highest BCUT2D eigenvalue weighted by molar-refractivity contribution is 5.05. The van der Waals surface area contributed by atoms with Gasteiger partial charge in [0.15, 0.2) is 0 Å². The molecule has 0 amide bonds. The van der Waals surface area contributed by atoms with Crippen LogP contribution in [0, 0.1) is 5.92 Å². The summed E-state index contributed by atoms with van der Waals surface area (Å²) in [6.07, 6.45) is 6.09. The van der Waals surface area contributed by atoms with Crippen molar-refractivity contribution in [1.29, 1.82) is 0 Å². The first kappa shape index (κ1) is 12.3. The van der Waals surface area contributed by atoms with E-state index in [0.717, 1.165) is 19.0 Å². The van der Waals surface area contributed by atoms with Crippen molar-refractivity contribution in [3.8, 4) is 0 Å². The van der Waals surface area contributed by atoms with Crippen molar-refractivity contribution in [3.63, 3.8) is 0 Å². The fourth-order valence-electron chi connectivity index (χ4n) is 1.70. The average Bonchev–Trinajstić information content (AvgIpc) is 2.57. The minimum Gasteiger partial charge on any atom is -0.353 e. The van der Waals surface area contributed by atoms with Gasteiger partial charge < -0.3 is 9.88 Å². The Morgan fingerprint density at radius 3 is 2.73 bits per heavy atom. The number of aryl methyl sites for hydroxylation is 1. The first-order valence-corrected chi connectivity index (χ1v) is 6.01. The van der Waals surface area contributed by atoms with Gasteiger partial charge in [-0.25, -0.2) is 0 Å². The minimum atomic E-state index is 0.845. The lowest BCUT2D eigenvalue weighted by Crippen LogP contribution is -2.16. The minimum absolute atomic E-state index is 0.845. The van der Waals surface area contributed by atoms with Gasteiger partial charge in [-0.2, -0.15) is 0 Å². The maximum Gasteiger partial charge on any atom is 0.0359 e. The summed E-state index contributed by atoms with van der Waals surface area (Å²) in [5.74, 6) is 0.845. The van der Waals surface area contributed by atoms with Crippen LogP contribution in [0.5, 0.6) is 0 Å². The van der Waals surface area contributed by atoms with E-state index in [0.29, 0.717) is 0 Å². The van der Waals surface area contributed by atoms with Crippen LogP contribution >= 0.6 is 0 Å². The molecule has 0 aliphatic heterocycles. The molecule has 0 unspecified atom stereocenters. The van der Waals surface area contributed by atoms with E-state index >= 15 is 0 Å². The lowest BCUT2D eigenvalue weighted by Gasteiger charge is -2.07. The predicted octanol–water partition coefficient (Wildman–Crippen LogP) is 2.94. The third-order valence-corrected chi connectivity index (χ3v) is 2.74. The first-order chi connectivity index (χ1) is 7.20. The zero-order valence-corrected chi connectivity index (χ0v) is 10.3. The van der Waals surface area contributed by atoms with Crippen LogP contribution in [0.15, 0.2) is 18.3 Å². The molecule has 2 heteroatoms. The fraction of sp³-hybridized carbons (Fsp3) is 0.692. The van der Waals surface area contributed by atoms with Crippen LogP contribution in [0.3, 0.4) is 0 Å². The van der Waals surface area contributed by atoms with Crippen molar-refractivity contribution in [2.45, 2.75) is 39.7 Å². The molecule has 0 aromatic carbocycles. The summed E-state index contributed by atoms with van der Waals surface area (Å²) in [5.41, 5.74) is 1.36. The van der Waals surface area contributed by atoms with Crippen molar-refractivity contribution in [3.05, 3.63) is 24.0 Å². The molecule has 0 aliphatic rings. The smallest absolute Gasteiger partial charge is 0.0359 e. The van der Waals surface area contributed by atoms with Gasteiger partial charge in [-0.1, -0.05) is 26.7 Å². The van der Waals surface area contributed by atoms with E-state index in [2.05, 4.69) is 49.1 Å². The molecule has 2 nitrogen and oxygen atoms in total. The molecule has 0 atom stereocenters. The molecule has 0 fully saturated rings. The zero-order chi connectivity index (χ0) is 11.1. The van der Waals surface area contributed by atoms with Crippen molar-refractivity contribution < 1.29 is 0 Å². The number of nitrogens with one attached hydrogen (secondary N) is 1. The van der Waals surface area contributed by atoms with E-state index in [4.69, 9.17) is 0 Å². The molecule has 1 N–H and O–H groups in total. The monoisotopic (exact) mass is 208 g/mol. The Bertz CT molecular complexity index is 263. The third kappa shape index (κ3) is 5.03. The lowest BCUT2D eigenvalue weighted by atomic mass is 10.1. The van der Waals surface area contributed by atoms with Gasteiger partial charge in [-0.3, -0.25) is 0 Å². The Kier molecular flexibility index (Phi) is 5.48. The number of hydrogen-bond acceptors (Lipinski definition) is 1. The van der Waals surface area contributed by atoms with Crippen LogP contribution in [0.4, 0.5) is 0 Å². The first-order valence-electron chi connectivity index (χ1n) is 6.01. The Balaban J connectivity index is 2.00. The van der Waals surface area contributed by atoms with Crippen LogP contribution in [-0.4, -0.2) is 11.1 Å². The van der Waals surface area contributed by atoms with Crippen LogP contribution in [0.1, 0.15) is 38.8 Å². The molecule has 15 heavy (non-hydrogen) atoms.